The zero-order valence-corrected chi connectivity index (χ0v) is 14.8. The number of rotatable bonds is 9. The molecule has 1 amide bonds. The molecule has 1 atom stereocenters. The molecule has 0 spiro atoms. The van der Waals surface area contributed by atoms with Gasteiger partial charge in [-0.15, -0.1) is 0 Å². The monoisotopic (exact) mass is 385 g/mol. The predicted octanol–water partition coefficient (Wildman–Crippen LogP) is 2.84. The zero-order valence-electron chi connectivity index (χ0n) is 13.8. The molecule has 144 valence electrons. The van der Waals surface area contributed by atoms with E-state index in [0.717, 1.165) is 7.05 Å². The maximum absolute atomic E-state index is 12.7. The van der Waals surface area contributed by atoms with Crippen LogP contribution in [0, 0.1) is 5.92 Å². The fourth-order valence-corrected chi connectivity index (χ4v) is 3.74. The first kappa shape index (κ1) is 23.1. The number of carbonyl (C=O) groups is 1. The van der Waals surface area contributed by atoms with Gasteiger partial charge in [0.05, 0.1) is 6.42 Å². The van der Waals surface area contributed by atoms with E-state index in [2.05, 4.69) is 0 Å². The van der Waals surface area contributed by atoms with Crippen molar-refractivity contribution in [3.8, 4) is 0 Å². The summed E-state index contributed by atoms with van der Waals surface area (Å²) in [5.41, 5.74) is 0. The molecule has 0 saturated heterocycles. The number of hydrogen-bond donors (Lipinski definition) is 0. The average molecular weight is 385 g/mol. The molecule has 0 aliphatic carbocycles. The largest absolute Gasteiger partial charge is 0.500 e. The molecule has 12 heteroatoms. The average Bonchev–Trinajstić information content (AvgIpc) is 2.47. The summed E-state index contributed by atoms with van der Waals surface area (Å²) in [6, 6.07) is 0.198. The lowest BCUT2D eigenvalue weighted by Gasteiger charge is -2.28. The maximum atomic E-state index is 12.7. The molecule has 0 aliphatic rings. The Balaban J connectivity index is 4.83. The molecule has 0 aromatic heterocycles. The standard InChI is InChI=1S/C12H21F6NO4Si/c1-19(6-5-7-24(21-2,22-3)23-4)10(20)9(12(16,17)18)8-11(13,14)15/h9H,5-8H2,1-4H3. The lowest BCUT2D eigenvalue weighted by Crippen LogP contribution is -2.45. The highest BCUT2D eigenvalue weighted by Gasteiger charge is 2.51. The molecule has 0 bridgehead atoms. The third-order valence-electron chi connectivity index (χ3n) is 3.41. The van der Waals surface area contributed by atoms with Gasteiger partial charge >= 0.3 is 21.2 Å². The van der Waals surface area contributed by atoms with E-state index in [1.165, 1.54) is 21.3 Å². The number of nitrogens with zero attached hydrogens (tertiary/aromatic N) is 1. The van der Waals surface area contributed by atoms with Crippen LogP contribution in [-0.2, 0) is 18.1 Å². The first-order chi connectivity index (χ1) is 10.8. The lowest BCUT2D eigenvalue weighted by molar-refractivity contribution is -0.221. The molecule has 5 nitrogen and oxygen atoms in total. The highest BCUT2D eigenvalue weighted by atomic mass is 28.4. The fourth-order valence-electron chi connectivity index (χ4n) is 2.04. The van der Waals surface area contributed by atoms with E-state index in [1.54, 1.807) is 0 Å². The molecular weight excluding hydrogens is 364 g/mol. The van der Waals surface area contributed by atoms with E-state index < -0.39 is 39.4 Å². The van der Waals surface area contributed by atoms with Crippen molar-refractivity contribution in [1.29, 1.82) is 0 Å². The normalized spacial score (nSPS) is 14.6. The van der Waals surface area contributed by atoms with E-state index in [-0.39, 0.29) is 19.0 Å². The van der Waals surface area contributed by atoms with Gasteiger partial charge < -0.3 is 18.2 Å². The van der Waals surface area contributed by atoms with E-state index in [0.29, 0.717) is 4.90 Å². The summed E-state index contributed by atoms with van der Waals surface area (Å²) in [6.07, 6.45) is -12.5. The second-order valence-electron chi connectivity index (χ2n) is 5.07. The Bertz CT molecular complexity index is 392. The zero-order chi connectivity index (χ0) is 19.2. The van der Waals surface area contributed by atoms with Gasteiger partial charge in [-0.1, -0.05) is 0 Å². The molecule has 0 fully saturated rings. The van der Waals surface area contributed by atoms with Crippen molar-refractivity contribution in [3.05, 3.63) is 0 Å². The minimum absolute atomic E-state index is 0.153. The van der Waals surface area contributed by atoms with Crippen LogP contribution in [0.3, 0.4) is 0 Å². The molecule has 0 N–H and O–H groups in total. The quantitative estimate of drug-likeness (QED) is 0.452. The van der Waals surface area contributed by atoms with E-state index in [1.807, 2.05) is 0 Å². The van der Waals surface area contributed by atoms with Crippen molar-refractivity contribution in [2.75, 3.05) is 34.9 Å². The first-order valence-electron chi connectivity index (χ1n) is 6.85. The van der Waals surface area contributed by atoms with Crippen LogP contribution in [0.5, 0.6) is 0 Å². The smallest absolute Gasteiger partial charge is 0.377 e. The summed E-state index contributed by atoms with van der Waals surface area (Å²) < 4.78 is 90.4. The Morgan fingerprint density at radius 2 is 1.50 bits per heavy atom. The number of carbonyl (C=O) groups excluding carboxylic acids is 1. The molecule has 0 heterocycles. The van der Waals surface area contributed by atoms with Gasteiger partial charge in [0.1, 0.15) is 5.92 Å². The van der Waals surface area contributed by atoms with Gasteiger partial charge in [-0.3, -0.25) is 4.79 Å². The Hall–Kier alpha value is -0.853. The van der Waals surface area contributed by atoms with Gasteiger partial charge in [-0.05, 0) is 6.42 Å². The summed E-state index contributed by atoms with van der Waals surface area (Å²) in [6.45, 7) is -0.186. The summed E-state index contributed by atoms with van der Waals surface area (Å²) >= 11 is 0. The van der Waals surface area contributed by atoms with Gasteiger partial charge in [0, 0.05) is 41.0 Å². The SMILES string of the molecule is CO[Si](CCCN(C)C(=O)C(CC(F)(F)F)C(F)(F)F)(OC)OC. The molecular formula is C12H21F6NO4Si. The molecule has 0 radical (unpaired) electrons. The number of halogens is 6. The van der Waals surface area contributed by atoms with Crippen LogP contribution in [0.25, 0.3) is 0 Å². The molecule has 24 heavy (non-hydrogen) atoms. The molecule has 0 rings (SSSR count). The van der Waals surface area contributed by atoms with Gasteiger partial charge in [0.2, 0.25) is 5.91 Å². The molecule has 0 saturated carbocycles. The van der Waals surface area contributed by atoms with Crippen LogP contribution in [0.15, 0.2) is 0 Å². The van der Waals surface area contributed by atoms with Crippen molar-refractivity contribution in [2.24, 2.45) is 5.92 Å². The summed E-state index contributed by atoms with van der Waals surface area (Å²) in [5, 5.41) is 0. The fraction of sp³-hybridized carbons (Fsp3) is 0.917. The van der Waals surface area contributed by atoms with Crippen LogP contribution in [-0.4, -0.2) is 66.9 Å². The van der Waals surface area contributed by atoms with Crippen molar-refractivity contribution < 1.29 is 44.4 Å². The third-order valence-corrected chi connectivity index (χ3v) is 6.25. The minimum Gasteiger partial charge on any atom is -0.377 e. The number of amides is 1. The minimum atomic E-state index is -5.27. The topological polar surface area (TPSA) is 48.0 Å². The summed E-state index contributed by atoms with van der Waals surface area (Å²) in [5.74, 6) is -4.74. The van der Waals surface area contributed by atoms with Crippen LogP contribution in [0.4, 0.5) is 26.3 Å². The number of hydrogen-bond acceptors (Lipinski definition) is 4. The first-order valence-corrected chi connectivity index (χ1v) is 8.79. The number of alkyl halides is 6. The second kappa shape index (κ2) is 9.01. The van der Waals surface area contributed by atoms with Gasteiger partial charge in [-0.25, -0.2) is 0 Å². The van der Waals surface area contributed by atoms with Crippen LogP contribution in [0.2, 0.25) is 6.04 Å². The second-order valence-corrected chi connectivity index (χ2v) is 8.16. The van der Waals surface area contributed by atoms with Crippen LogP contribution >= 0.6 is 0 Å². The van der Waals surface area contributed by atoms with E-state index >= 15 is 0 Å². The molecule has 0 aromatic carbocycles. The van der Waals surface area contributed by atoms with Crippen LogP contribution in [0.1, 0.15) is 12.8 Å². The van der Waals surface area contributed by atoms with Crippen molar-refractivity contribution >= 4 is 14.7 Å². The van der Waals surface area contributed by atoms with Gasteiger partial charge in [-0.2, -0.15) is 26.3 Å². The van der Waals surface area contributed by atoms with E-state index in [9.17, 15) is 31.1 Å². The Labute approximate surface area is 137 Å². The van der Waals surface area contributed by atoms with E-state index in [4.69, 9.17) is 13.3 Å². The highest BCUT2D eigenvalue weighted by Crippen LogP contribution is 2.36. The summed E-state index contributed by atoms with van der Waals surface area (Å²) in [4.78, 5) is 12.4. The molecule has 0 aromatic rings. The van der Waals surface area contributed by atoms with Gasteiger partial charge in [0.25, 0.3) is 0 Å². The third kappa shape index (κ3) is 7.36. The van der Waals surface area contributed by atoms with Gasteiger partial charge in [0.15, 0.2) is 0 Å². The maximum Gasteiger partial charge on any atom is 0.500 e. The Morgan fingerprint density at radius 1 is 1.04 bits per heavy atom. The molecule has 0 aliphatic heterocycles. The predicted molar refractivity (Wildman–Crippen MR) is 74.1 cm³/mol. The van der Waals surface area contributed by atoms with Crippen molar-refractivity contribution in [3.63, 3.8) is 0 Å². The van der Waals surface area contributed by atoms with Crippen molar-refractivity contribution in [2.45, 2.75) is 31.2 Å². The lowest BCUT2D eigenvalue weighted by atomic mass is 10.0. The van der Waals surface area contributed by atoms with Crippen LogP contribution < -0.4 is 0 Å². The Morgan fingerprint density at radius 3 is 1.83 bits per heavy atom. The summed E-state index contributed by atoms with van der Waals surface area (Å²) in [7, 11) is 2.09. The molecule has 1 unspecified atom stereocenters. The van der Waals surface area contributed by atoms with Crippen molar-refractivity contribution in [1.82, 2.24) is 4.90 Å². The highest BCUT2D eigenvalue weighted by molar-refractivity contribution is 6.60. The Kier molecular flexibility index (Phi) is 8.69.